The van der Waals surface area contributed by atoms with Gasteiger partial charge in [-0.05, 0) is 25.3 Å². The third-order valence-corrected chi connectivity index (χ3v) is 5.48. The largest absolute Gasteiger partial charge is 0.381 e. The first kappa shape index (κ1) is 16.6. The summed E-state index contributed by atoms with van der Waals surface area (Å²) in [6.07, 6.45) is 4.75. The van der Waals surface area contributed by atoms with E-state index in [9.17, 15) is 4.79 Å². The first-order valence-electron chi connectivity index (χ1n) is 7.81. The quantitative estimate of drug-likeness (QED) is 0.840. The lowest BCUT2D eigenvalue weighted by Gasteiger charge is -2.57. The van der Waals surface area contributed by atoms with Gasteiger partial charge in [0.2, 0.25) is 0 Å². The summed E-state index contributed by atoms with van der Waals surface area (Å²) in [5.41, 5.74) is 1.10. The Morgan fingerprint density at radius 2 is 2.18 bits per heavy atom. The molecule has 0 radical (unpaired) electrons. The van der Waals surface area contributed by atoms with Crippen LogP contribution in [0.4, 0.5) is 0 Å². The number of methoxy groups -OCH3 is 1. The van der Waals surface area contributed by atoms with Crippen LogP contribution in [0.5, 0.6) is 0 Å². The molecule has 5 heteroatoms. The van der Waals surface area contributed by atoms with Gasteiger partial charge < -0.3 is 14.2 Å². The molecule has 0 aliphatic heterocycles. The number of aromatic nitrogens is 1. The van der Waals surface area contributed by atoms with Gasteiger partial charge in [0.15, 0.2) is 0 Å². The van der Waals surface area contributed by atoms with Gasteiger partial charge in [0.1, 0.15) is 11.8 Å². The second kappa shape index (κ2) is 6.13. The molecular formula is C17H25N3O2. The van der Waals surface area contributed by atoms with Gasteiger partial charge in [0, 0.05) is 38.9 Å². The molecule has 0 aromatic carbocycles. The zero-order valence-corrected chi connectivity index (χ0v) is 14.1. The summed E-state index contributed by atoms with van der Waals surface area (Å²) >= 11 is 0. The molecule has 0 N–H and O–H groups in total. The van der Waals surface area contributed by atoms with Crippen LogP contribution >= 0.6 is 0 Å². The zero-order valence-electron chi connectivity index (χ0n) is 14.1. The monoisotopic (exact) mass is 303 g/mol. The van der Waals surface area contributed by atoms with Crippen LogP contribution in [0.25, 0.3) is 0 Å². The van der Waals surface area contributed by atoms with Crippen molar-refractivity contribution in [3.63, 3.8) is 0 Å². The summed E-state index contributed by atoms with van der Waals surface area (Å²) < 4.78 is 7.33. The molecule has 1 aromatic rings. The number of nitriles is 1. The highest BCUT2D eigenvalue weighted by atomic mass is 16.5. The third kappa shape index (κ3) is 2.32. The Hall–Kier alpha value is -1.80. The average Bonchev–Trinajstić information content (AvgIpc) is 2.88. The molecule has 1 heterocycles. The van der Waals surface area contributed by atoms with Gasteiger partial charge in [0.05, 0.1) is 11.7 Å². The van der Waals surface area contributed by atoms with E-state index < -0.39 is 0 Å². The fraction of sp³-hybridized carbons (Fsp3) is 0.647. The summed E-state index contributed by atoms with van der Waals surface area (Å²) in [4.78, 5) is 14.6. The van der Waals surface area contributed by atoms with E-state index in [0.29, 0.717) is 11.3 Å². The fourth-order valence-electron chi connectivity index (χ4n) is 3.94. The van der Waals surface area contributed by atoms with E-state index in [1.165, 1.54) is 0 Å². The van der Waals surface area contributed by atoms with Crippen LogP contribution in [-0.4, -0.2) is 41.7 Å². The summed E-state index contributed by atoms with van der Waals surface area (Å²) in [6.45, 7) is 4.33. The van der Waals surface area contributed by atoms with Crippen molar-refractivity contribution in [2.24, 2.45) is 12.5 Å². The van der Waals surface area contributed by atoms with Gasteiger partial charge in [-0.15, -0.1) is 0 Å². The lowest BCUT2D eigenvalue weighted by atomic mass is 9.58. The Bertz CT molecular complexity index is 596. The molecule has 5 nitrogen and oxygen atoms in total. The second-order valence-corrected chi connectivity index (χ2v) is 6.17. The highest BCUT2D eigenvalue weighted by Crippen LogP contribution is 2.51. The Kier molecular flexibility index (Phi) is 4.62. The molecule has 1 aliphatic carbocycles. The van der Waals surface area contributed by atoms with Gasteiger partial charge in [-0.3, -0.25) is 4.79 Å². The lowest BCUT2D eigenvalue weighted by Crippen LogP contribution is -2.64. The normalized spacial score (nSPS) is 22.7. The van der Waals surface area contributed by atoms with E-state index in [1.807, 2.05) is 11.9 Å². The van der Waals surface area contributed by atoms with E-state index >= 15 is 0 Å². The number of carbonyl (C=O) groups excluding carboxylic acids is 1. The molecule has 1 amide bonds. The fourth-order valence-corrected chi connectivity index (χ4v) is 3.94. The van der Waals surface area contributed by atoms with Crippen molar-refractivity contribution in [3.8, 4) is 6.07 Å². The third-order valence-electron chi connectivity index (χ3n) is 5.48. The molecule has 1 aromatic heterocycles. The number of aryl methyl sites for hydroxylation is 1. The number of hydrogen-bond donors (Lipinski definition) is 0. The predicted octanol–water partition coefficient (Wildman–Crippen LogP) is 2.56. The van der Waals surface area contributed by atoms with Gasteiger partial charge in [-0.2, -0.15) is 5.26 Å². The van der Waals surface area contributed by atoms with E-state index in [1.54, 1.807) is 31.0 Å². The maximum Gasteiger partial charge on any atom is 0.270 e. The smallest absolute Gasteiger partial charge is 0.270 e. The molecule has 2 atom stereocenters. The van der Waals surface area contributed by atoms with Crippen molar-refractivity contribution < 1.29 is 9.53 Å². The molecule has 0 bridgehead atoms. The van der Waals surface area contributed by atoms with Gasteiger partial charge in [-0.25, -0.2) is 0 Å². The van der Waals surface area contributed by atoms with Crippen molar-refractivity contribution >= 4 is 5.91 Å². The van der Waals surface area contributed by atoms with Gasteiger partial charge in [0.25, 0.3) is 5.91 Å². The Morgan fingerprint density at radius 3 is 2.64 bits per heavy atom. The van der Waals surface area contributed by atoms with Crippen LogP contribution in [0.15, 0.2) is 12.3 Å². The number of rotatable bonds is 5. The number of ether oxygens (including phenoxy) is 1. The van der Waals surface area contributed by atoms with Gasteiger partial charge >= 0.3 is 0 Å². The van der Waals surface area contributed by atoms with E-state index in [4.69, 9.17) is 10.00 Å². The summed E-state index contributed by atoms with van der Waals surface area (Å²) in [7, 11) is 5.41. The molecular weight excluding hydrogens is 278 g/mol. The number of nitrogens with zero attached hydrogens (tertiary/aromatic N) is 3. The van der Waals surface area contributed by atoms with Crippen molar-refractivity contribution in [3.05, 3.63) is 23.5 Å². The minimum atomic E-state index is -0.0326. The maximum atomic E-state index is 12.8. The first-order valence-corrected chi connectivity index (χ1v) is 7.81. The Labute approximate surface area is 132 Å². The summed E-state index contributed by atoms with van der Waals surface area (Å²) in [5, 5.41) is 8.98. The van der Waals surface area contributed by atoms with Crippen molar-refractivity contribution in [1.29, 1.82) is 5.26 Å². The van der Waals surface area contributed by atoms with Crippen LogP contribution < -0.4 is 0 Å². The highest BCUT2D eigenvalue weighted by Gasteiger charge is 2.55. The molecule has 1 aliphatic rings. The van der Waals surface area contributed by atoms with Crippen molar-refractivity contribution in [2.45, 2.75) is 45.3 Å². The molecule has 1 saturated carbocycles. The van der Waals surface area contributed by atoms with Gasteiger partial charge in [-0.1, -0.05) is 13.8 Å². The summed E-state index contributed by atoms with van der Waals surface area (Å²) in [6, 6.07) is 3.92. The SMILES string of the molecule is CCC1(CC)[C@H](OC)C[C@H]1N(C)C(=O)c1cc(C#N)cn1C. The first-order chi connectivity index (χ1) is 10.4. The number of carbonyl (C=O) groups is 1. The summed E-state index contributed by atoms with van der Waals surface area (Å²) in [5.74, 6) is -0.0326. The molecule has 1 fully saturated rings. The van der Waals surface area contributed by atoms with Crippen molar-refractivity contribution in [2.75, 3.05) is 14.2 Å². The van der Waals surface area contributed by atoms with Crippen LogP contribution in [0.2, 0.25) is 0 Å². The van der Waals surface area contributed by atoms with E-state index in [2.05, 4.69) is 19.9 Å². The molecule has 0 saturated heterocycles. The minimum absolute atomic E-state index is 0.0301. The molecule has 0 unspecified atom stereocenters. The topological polar surface area (TPSA) is 58.3 Å². The minimum Gasteiger partial charge on any atom is -0.381 e. The van der Waals surface area contributed by atoms with Crippen LogP contribution in [-0.2, 0) is 11.8 Å². The maximum absolute atomic E-state index is 12.8. The van der Waals surface area contributed by atoms with E-state index in [0.717, 1.165) is 19.3 Å². The highest BCUT2D eigenvalue weighted by molar-refractivity contribution is 5.93. The van der Waals surface area contributed by atoms with Crippen LogP contribution in [0, 0.1) is 16.7 Å². The molecule has 22 heavy (non-hydrogen) atoms. The van der Waals surface area contributed by atoms with E-state index in [-0.39, 0.29) is 23.5 Å². The predicted molar refractivity (Wildman–Crippen MR) is 84.4 cm³/mol. The number of hydrogen-bond acceptors (Lipinski definition) is 3. The molecule has 120 valence electrons. The average molecular weight is 303 g/mol. The standard InChI is InChI=1S/C17H25N3O2/c1-6-17(7-2)14(9-15(17)22-5)20(4)16(21)13-8-12(10-18)11-19(13)3/h8,11,14-15H,6-7,9H2,1-5H3/t14-,15-/m1/s1. The Balaban J connectivity index is 2.24. The molecule has 2 rings (SSSR count). The van der Waals surface area contributed by atoms with Crippen molar-refractivity contribution in [1.82, 2.24) is 9.47 Å². The lowest BCUT2D eigenvalue weighted by molar-refractivity contribution is -0.147. The molecule has 0 spiro atoms. The number of amides is 1. The zero-order chi connectivity index (χ0) is 16.5. The Morgan fingerprint density at radius 1 is 1.55 bits per heavy atom. The second-order valence-electron chi connectivity index (χ2n) is 6.17. The van der Waals surface area contributed by atoms with Crippen LogP contribution in [0.1, 0.15) is 49.2 Å². The van der Waals surface area contributed by atoms with Crippen LogP contribution in [0.3, 0.4) is 0 Å².